The van der Waals surface area contributed by atoms with Crippen LogP contribution in [0.1, 0.15) is 64.5 Å². The fraction of sp³-hybridized carbons (Fsp3) is 0.593. The Morgan fingerprint density at radius 1 is 0.871 bits per heavy atom. The summed E-state index contributed by atoms with van der Waals surface area (Å²) in [5, 5.41) is 8.99. The van der Waals surface area contributed by atoms with E-state index >= 15 is 0 Å². The molecule has 2 aromatic rings. The smallest absolute Gasteiger partial charge is 0.0722 e. The molecule has 0 atom stereocenters. The van der Waals surface area contributed by atoms with E-state index < -0.39 is 0 Å². The third-order valence-corrected chi connectivity index (χ3v) is 7.51. The number of benzene rings is 1. The van der Waals surface area contributed by atoms with Crippen LogP contribution in [0.25, 0.3) is 11.3 Å². The first-order valence-corrected chi connectivity index (χ1v) is 12.0. The molecule has 0 amide bonds. The van der Waals surface area contributed by atoms with Crippen molar-refractivity contribution < 1.29 is 5.11 Å². The van der Waals surface area contributed by atoms with E-state index in [2.05, 4.69) is 67.8 Å². The first kappa shape index (κ1) is 22.3. The van der Waals surface area contributed by atoms with Crippen LogP contribution in [0.4, 0.5) is 5.69 Å². The minimum absolute atomic E-state index is 0.213. The van der Waals surface area contributed by atoms with E-state index in [4.69, 9.17) is 10.1 Å². The van der Waals surface area contributed by atoms with Crippen molar-refractivity contribution in [3.8, 4) is 11.3 Å². The molecule has 0 unspecified atom stereocenters. The molecule has 1 aromatic carbocycles. The second-order valence-corrected chi connectivity index (χ2v) is 10.7. The molecule has 0 spiro atoms. The number of hydrogen-bond acceptors (Lipinski definition) is 4. The van der Waals surface area contributed by atoms with Crippen LogP contribution in [0.15, 0.2) is 36.5 Å². The number of fused-ring (bicyclic) bond motifs is 1. The summed E-state index contributed by atoms with van der Waals surface area (Å²) in [6, 6.07) is 11.4. The topological polar surface area (TPSA) is 39.6 Å². The fourth-order valence-corrected chi connectivity index (χ4v) is 5.20. The molecule has 1 aliphatic carbocycles. The van der Waals surface area contributed by atoms with Gasteiger partial charge in [-0.05, 0) is 72.4 Å². The van der Waals surface area contributed by atoms with Crippen molar-refractivity contribution in [2.75, 3.05) is 44.2 Å². The zero-order valence-electron chi connectivity index (χ0n) is 19.8. The lowest BCUT2D eigenvalue weighted by Crippen LogP contribution is -2.46. The van der Waals surface area contributed by atoms with Gasteiger partial charge in [0.15, 0.2) is 0 Å². The molecule has 4 heteroatoms. The summed E-state index contributed by atoms with van der Waals surface area (Å²) in [5.74, 6) is 0. The van der Waals surface area contributed by atoms with E-state index in [1.165, 1.54) is 35.2 Å². The van der Waals surface area contributed by atoms with Gasteiger partial charge in [0.05, 0.1) is 5.69 Å². The van der Waals surface area contributed by atoms with Crippen LogP contribution in [0.3, 0.4) is 0 Å². The number of unbranched alkanes of at least 4 members (excludes halogenated alkanes) is 1. The molecule has 31 heavy (non-hydrogen) atoms. The van der Waals surface area contributed by atoms with Gasteiger partial charge in [-0.3, -0.25) is 9.88 Å². The highest BCUT2D eigenvalue weighted by Gasteiger charge is 2.37. The summed E-state index contributed by atoms with van der Waals surface area (Å²) < 4.78 is 0. The zero-order valence-corrected chi connectivity index (χ0v) is 19.8. The van der Waals surface area contributed by atoms with Gasteiger partial charge in [-0.25, -0.2) is 0 Å². The monoisotopic (exact) mass is 421 g/mol. The second kappa shape index (κ2) is 8.91. The van der Waals surface area contributed by atoms with Gasteiger partial charge in [0.2, 0.25) is 0 Å². The van der Waals surface area contributed by atoms with Gasteiger partial charge < -0.3 is 10.0 Å². The summed E-state index contributed by atoms with van der Waals surface area (Å²) in [7, 11) is 0. The lowest BCUT2D eigenvalue weighted by Gasteiger charge is -2.42. The summed E-state index contributed by atoms with van der Waals surface area (Å²) in [6.45, 7) is 15.2. The maximum atomic E-state index is 8.99. The Morgan fingerprint density at radius 3 is 2.29 bits per heavy atom. The van der Waals surface area contributed by atoms with Crippen molar-refractivity contribution >= 4 is 5.69 Å². The van der Waals surface area contributed by atoms with Crippen molar-refractivity contribution in [2.45, 2.75) is 64.2 Å². The van der Waals surface area contributed by atoms with Gasteiger partial charge in [0.1, 0.15) is 0 Å². The minimum atomic E-state index is 0.213. The number of nitrogens with zero attached hydrogens (tertiary/aromatic N) is 3. The van der Waals surface area contributed by atoms with Crippen molar-refractivity contribution in [2.24, 2.45) is 0 Å². The van der Waals surface area contributed by atoms with E-state index in [9.17, 15) is 0 Å². The fourth-order valence-electron chi connectivity index (χ4n) is 5.20. The molecule has 4 rings (SSSR count). The second-order valence-electron chi connectivity index (χ2n) is 10.7. The average molecular weight is 422 g/mol. The number of rotatable bonds is 6. The highest BCUT2D eigenvalue weighted by Crippen LogP contribution is 2.46. The van der Waals surface area contributed by atoms with Crippen LogP contribution in [0.5, 0.6) is 0 Å². The summed E-state index contributed by atoms with van der Waals surface area (Å²) >= 11 is 0. The van der Waals surface area contributed by atoms with Gasteiger partial charge in [0, 0.05) is 50.2 Å². The number of anilines is 1. The van der Waals surface area contributed by atoms with Crippen LogP contribution in [0, 0.1) is 0 Å². The number of piperazine rings is 1. The number of aliphatic hydroxyl groups excluding tert-OH is 1. The molecule has 1 aromatic heterocycles. The van der Waals surface area contributed by atoms with Crippen LogP contribution in [-0.2, 0) is 10.8 Å². The molecule has 1 aliphatic heterocycles. The molecule has 1 saturated heterocycles. The molecule has 0 bridgehead atoms. The van der Waals surface area contributed by atoms with Crippen molar-refractivity contribution in [1.82, 2.24) is 9.88 Å². The molecule has 4 nitrogen and oxygen atoms in total. The molecular weight excluding hydrogens is 382 g/mol. The maximum Gasteiger partial charge on any atom is 0.0722 e. The van der Waals surface area contributed by atoms with E-state index in [1.54, 1.807) is 0 Å². The normalized spacial score (nSPS) is 20.5. The first-order chi connectivity index (χ1) is 14.8. The van der Waals surface area contributed by atoms with E-state index in [0.29, 0.717) is 6.61 Å². The van der Waals surface area contributed by atoms with Crippen LogP contribution in [-0.4, -0.2) is 54.3 Å². The average Bonchev–Trinajstić information content (AvgIpc) is 2.78. The SMILES string of the molecule is CC1(C)CCC(C)(C)c2cc(-c3cc(N4CCN(CCCCO)CC4)ccn3)ccc21. The lowest BCUT2D eigenvalue weighted by atomic mass is 9.63. The van der Waals surface area contributed by atoms with Gasteiger partial charge in [-0.15, -0.1) is 0 Å². The highest BCUT2D eigenvalue weighted by atomic mass is 16.2. The molecule has 1 N–H and O–H groups in total. The van der Waals surface area contributed by atoms with Crippen LogP contribution < -0.4 is 4.90 Å². The Hall–Kier alpha value is -1.91. The largest absolute Gasteiger partial charge is 0.396 e. The van der Waals surface area contributed by atoms with Crippen molar-refractivity contribution in [3.63, 3.8) is 0 Å². The molecule has 2 aliphatic rings. The zero-order chi connectivity index (χ0) is 22.1. The molecule has 0 radical (unpaired) electrons. The van der Waals surface area contributed by atoms with Crippen molar-refractivity contribution in [3.05, 3.63) is 47.7 Å². The minimum Gasteiger partial charge on any atom is -0.396 e. The van der Waals surface area contributed by atoms with Gasteiger partial charge in [-0.2, -0.15) is 0 Å². The Morgan fingerprint density at radius 2 is 1.58 bits per heavy atom. The quantitative estimate of drug-likeness (QED) is 0.667. The van der Waals surface area contributed by atoms with Gasteiger partial charge >= 0.3 is 0 Å². The van der Waals surface area contributed by atoms with Gasteiger partial charge in [-0.1, -0.05) is 39.8 Å². The molecule has 1 fully saturated rings. The highest BCUT2D eigenvalue weighted by molar-refractivity contribution is 5.67. The predicted molar refractivity (Wildman–Crippen MR) is 130 cm³/mol. The van der Waals surface area contributed by atoms with Crippen LogP contribution >= 0.6 is 0 Å². The summed E-state index contributed by atoms with van der Waals surface area (Å²) in [4.78, 5) is 9.74. The maximum absolute atomic E-state index is 8.99. The third-order valence-electron chi connectivity index (χ3n) is 7.51. The summed E-state index contributed by atoms with van der Waals surface area (Å²) in [6.07, 6.45) is 6.43. The third kappa shape index (κ3) is 4.80. The summed E-state index contributed by atoms with van der Waals surface area (Å²) in [5.41, 5.74) is 7.03. The molecule has 168 valence electrons. The Bertz CT molecular complexity index is 897. The van der Waals surface area contributed by atoms with E-state index in [-0.39, 0.29) is 10.8 Å². The van der Waals surface area contributed by atoms with E-state index in [1.807, 2.05) is 6.20 Å². The number of hydrogen-bond donors (Lipinski definition) is 1. The van der Waals surface area contributed by atoms with Crippen LogP contribution in [0.2, 0.25) is 0 Å². The predicted octanol–water partition coefficient (Wildman–Crippen LogP) is 4.99. The molecule has 2 heterocycles. The Kier molecular flexibility index (Phi) is 6.41. The number of aromatic nitrogens is 1. The molecular formula is C27H39N3O. The standard InChI is InChI=1S/C27H39N3O/c1-26(2)10-11-27(3,4)24-19-21(7-8-23(24)26)25-20-22(9-12-28-25)30-16-14-29(15-17-30)13-5-6-18-31/h7-9,12,19-20,31H,5-6,10-11,13-18H2,1-4H3. The Labute approximate surface area is 188 Å². The first-order valence-electron chi connectivity index (χ1n) is 12.0. The lowest BCUT2D eigenvalue weighted by molar-refractivity contribution is 0.232. The van der Waals surface area contributed by atoms with Crippen molar-refractivity contribution in [1.29, 1.82) is 0 Å². The Balaban J connectivity index is 1.52. The molecule has 0 saturated carbocycles. The number of aliphatic hydroxyl groups is 1. The van der Waals surface area contributed by atoms with E-state index in [0.717, 1.165) is 51.3 Å². The van der Waals surface area contributed by atoms with Gasteiger partial charge in [0.25, 0.3) is 0 Å². The number of pyridine rings is 1.